The number of benzene rings is 1. The summed E-state index contributed by atoms with van der Waals surface area (Å²) in [6, 6.07) is 10.6. The Hall–Kier alpha value is -2.86. The van der Waals surface area contributed by atoms with E-state index in [4.69, 9.17) is 5.73 Å². The van der Waals surface area contributed by atoms with E-state index in [1.165, 1.54) is 10.9 Å². The van der Waals surface area contributed by atoms with Crippen LogP contribution in [0.2, 0.25) is 0 Å². The topological polar surface area (TPSA) is 86.6 Å². The van der Waals surface area contributed by atoms with Gasteiger partial charge in [0.05, 0.1) is 5.52 Å². The van der Waals surface area contributed by atoms with Crippen molar-refractivity contribution in [2.45, 2.75) is 26.8 Å². The fraction of sp³-hybridized carbons (Fsp3) is 0.300. The number of nitrogens with zero attached hydrogens (tertiary/aromatic N) is 3. The summed E-state index contributed by atoms with van der Waals surface area (Å²) < 4.78 is 0. The van der Waals surface area contributed by atoms with Gasteiger partial charge in [0.2, 0.25) is 0 Å². The maximum Gasteiger partial charge on any atom is 0.180 e. The van der Waals surface area contributed by atoms with Gasteiger partial charge >= 0.3 is 0 Å². The molecular weight excluding hydrogens is 324 g/mol. The molecule has 0 amide bonds. The molecule has 0 atom stereocenters. The first-order chi connectivity index (χ1) is 12.5. The summed E-state index contributed by atoms with van der Waals surface area (Å²) in [7, 11) is 2.16. The monoisotopic (exact) mass is 348 g/mol. The molecule has 4 aromatic rings. The van der Waals surface area contributed by atoms with Gasteiger partial charge in [0, 0.05) is 28.7 Å². The lowest BCUT2D eigenvalue weighted by molar-refractivity contribution is 0.327. The van der Waals surface area contributed by atoms with E-state index in [0.29, 0.717) is 11.5 Å². The second-order valence-electron chi connectivity index (χ2n) is 6.96. The Morgan fingerprint density at radius 1 is 1.12 bits per heavy atom. The molecule has 0 saturated carbocycles. The third-order valence-corrected chi connectivity index (χ3v) is 4.63. The molecule has 0 aliphatic heterocycles. The molecule has 0 radical (unpaired) electrons. The number of aryl methyl sites for hydroxylation is 1. The van der Waals surface area contributed by atoms with E-state index >= 15 is 0 Å². The van der Waals surface area contributed by atoms with Gasteiger partial charge < -0.3 is 20.6 Å². The van der Waals surface area contributed by atoms with Gasteiger partial charge in [0.1, 0.15) is 11.6 Å². The van der Waals surface area contributed by atoms with Crippen LogP contribution in [-0.2, 0) is 6.54 Å². The lowest BCUT2D eigenvalue weighted by Gasteiger charge is -2.15. The van der Waals surface area contributed by atoms with E-state index in [0.717, 1.165) is 47.6 Å². The zero-order valence-electron chi connectivity index (χ0n) is 15.4. The summed E-state index contributed by atoms with van der Waals surface area (Å²) in [4.78, 5) is 17.9. The third-order valence-electron chi connectivity index (χ3n) is 4.63. The number of nitrogens with one attached hydrogen (secondary N) is 2. The lowest BCUT2D eigenvalue weighted by atomic mass is 10.1. The van der Waals surface area contributed by atoms with Crippen LogP contribution in [0, 0.1) is 6.92 Å². The van der Waals surface area contributed by atoms with Crippen LogP contribution in [0.1, 0.15) is 24.7 Å². The van der Waals surface area contributed by atoms with Crippen molar-refractivity contribution in [3.8, 4) is 11.3 Å². The molecule has 0 saturated heterocycles. The van der Waals surface area contributed by atoms with Crippen LogP contribution in [-0.4, -0.2) is 38.4 Å². The van der Waals surface area contributed by atoms with Gasteiger partial charge in [-0.3, -0.25) is 0 Å². The molecule has 0 bridgehead atoms. The summed E-state index contributed by atoms with van der Waals surface area (Å²) >= 11 is 0. The molecule has 6 heteroatoms. The predicted octanol–water partition coefficient (Wildman–Crippen LogP) is 3.84. The van der Waals surface area contributed by atoms with E-state index in [-0.39, 0.29) is 0 Å². The second-order valence-corrected chi connectivity index (χ2v) is 6.96. The van der Waals surface area contributed by atoms with Crippen LogP contribution in [0.25, 0.3) is 33.3 Å². The van der Waals surface area contributed by atoms with Crippen molar-refractivity contribution in [1.29, 1.82) is 0 Å². The maximum atomic E-state index is 5.99. The fourth-order valence-electron chi connectivity index (χ4n) is 3.53. The van der Waals surface area contributed by atoms with Crippen LogP contribution in [0.5, 0.6) is 0 Å². The summed E-state index contributed by atoms with van der Waals surface area (Å²) in [5.41, 5.74) is 12.0. The van der Waals surface area contributed by atoms with Crippen molar-refractivity contribution < 1.29 is 0 Å². The summed E-state index contributed by atoms with van der Waals surface area (Å²) in [6.07, 6.45) is 1.16. The van der Waals surface area contributed by atoms with Gasteiger partial charge in [-0.15, -0.1) is 0 Å². The van der Waals surface area contributed by atoms with Crippen molar-refractivity contribution in [2.24, 2.45) is 0 Å². The van der Waals surface area contributed by atoms with Gasteiger partial charge in [-0.05, 0) is 56.8 Å². The van der Waals surface area contributed by atoms with Gasteiger partial charge in [0.25, 0.3) is 0 Å². The van der Waals surface area contributed by atoms with Crippen molar-refractivity contribution in [3.05, 3.63) is 41.7 Å². The Morgan fingerprint density at radius 2 is 1.96 bits per heavy atom. The molecule has 3 aromatic heterocycles. The highest BCUT2D eigenvalue weighted by Gasteiger charge is 2.13. The molecule has 4 rings (SSSR count). The highest BCUT2D eigenvalue weighted by atomic mass is 15.1. The number of nitrogens with two attached hydrogens (primary N) is 1. The molecule has 134 valence electrons. The SMILES string of the molecule is CCCN(C)Cc1ccc2[nH]c(-c3cc(N)nc4nc(C)[nH]c34)cc2c1. The number of imidazole rings is 1. The highest BCUT2D eigenvalue weighted by molar-refractivity contribution is 5.95. The van der Waals surface area contributed by atoms with Crippen LogP contribution in [0.3, 0.4) is 0 Å². The number of pyridine rings is 1. The first kappa shape index (κ1) is 16.6. The number of aromatic nitrogens is 4. The number of anilines is 1. The number of rotatable bonds is 5. The molecule has 4 N–H and O–H groups in total. The fourth-order valence-corrected chi connectivity index (χ4v) is 3.53. The van der Waals surface area contributed by atoms with Crippen molar-refractivity contribution in [1.82, 2.24) is 24.8 Å². The van der Waals surface area contributed by atoms with Crippen molar-refractivity contribution >= 4 is 27.9 Å². The van der Waals surface area contributed by atoms with Crippen LogP contribution < -0.4 is 5.73 Å². The lowest BCUT2D eigenvalue weighted by Crippen LogP contribution is -2.18. The van der Waals surface area contributed by atoms with E-state index < -0.39 is 0 Å². The Balaban J connectivity index is 1.76. The van der Waals surface area contributed by atoms with E-state index in [2.05, 4.69) is 63.1 Å². The minimum absolute atomic E-state index is 0.472. The molecule has 0 unspecified atom stereocenters. The zero-order chi connectivity index (χ0) is 18.3. The van der Waals surface area contributed by atoms with Gasteiger partial charge in [0.15, 0.2) is 5.65 Å². The van der Waals surface area contributed by atoms with Gasteiger partial charge in [-0.2, -0.15) is 0 Å². The normalized spacial score (nSPS) is 11.8. The Kier molecular flexibility index (Phi) is 4.12. The van der Waals surface area contributed by atoms with Crippen LogP contribution >= 0.6 is 0 Å². The summed E-state index contributed by atoms with van der Waals surface area (Å²) in [5.74, 6) is 1.30. The predicted molar refractivity (Wildman–Crippen MR) is 107 cm³/mol. The third kappa shape index (κ3) is 3.04. The number of nitrogen functional groups attached to an aromatic ring is 1. The van der Waals surface area contributed by atoms with Crippen LogP contribution in [0.4, 0.5) is 5.82 Å². The average molecular weight is 348 g/mol. The molecule has 0 fully saturated rings. The van der Waals surface area contributed by atoms with Crippen molar-refractivity contribution in [2.75, 3.05) is 19.3 Å². The Bertz CT molecular complexity index is 1070. The molecule has 0 aliphatic carbocycles. The number of fused-ring (bicyclic) bond motifs is 2. The minimum Gasteiger partial charge on any atom is -0.384 e. The minimum atomic E-state index is 0.472. The van der Waals surface area contributed by atoms with E-state index in [9.17, 15) is 0 Å². The molecule has 3 heterocycles. The van der Waals surface area contributed by atoms with E-state index in [1.807, 2.05) is 13.0 Å². The highest BCUT2D eigenvalue weighted by Crippen LogP contribution is 2.30. The zero-order valence-corrected chi connectivity index (χ0v) is 15.4. The van der Waals surface area contributed by atoms with Gasteiger partial charge in [-0.1, -0.05) is 13.0 Å². The van der Waals surface area contributed by atoms with E-state index in [1.54, 1.807) is 0 Å². The standard InChI is InChI=1S/C20H24N6/c1-4-7-26(3)11-13-5-6-16-14(8-13)9-17(24-16)15-10-18(21)25-20-19(15)22-12(2)23-20/h5-6,8-10,24H,4,7,11H2,1-3H3,(H3,21,22,23,25). The molecule has 6 nitrogen and oxygen atoms in total. The molecule has 0 aliphatic rings. The smallest absolute Gasteiger partial charge is 0.180 e. The number of aromatic amines is 2. The summed E-state index contributed by atoms with van der Waals surface area (Å²) in [5, 5.41) is 1.20. The van der Waals surface area contributed by atoms with Gasteiger partial charge in [-0.25, -0.2) is 9.97 Å². The molecule has 0 spiro atoms. The number of H-pyrrole nitrogens is 2. The quantitative estimate of drug-likeness (QED) is 0.511. The molecule has 26 heavy (non-hydrogen) atoms. The number of hydrogen-bond acceptors (Lipinski definition) is 4. The van der Waals surface area contributed by atoms with Crippen molar-refractivity contribution in [3.63, 3.8) is 0 Å². The largest absolute Gasteiger partial charge is 0.384 e. The molecule has 1 aromatic carbocycles. The Labute approximate surface area is 152 Å². The second kappa shape index (κ2) is 6.46. The molecular formula is C20H24N6. The first-order valence-electron chi connectivity index (χ1n) is 8.97. The maximum absolute atomic E-state index is 5.99. The number of hydrogen-bond donors (Lipinski definition) is 3. The van der Waals surface area contributed by atoms with Crippen LogP contribution in [0.15, 0.2) is 30.3 Å². The first-order valence-corrected chi connectivity index (χ1v) is 8.97. The summed E-state index contributed by atoms with van der Waals surface area (Å²) in [6.45, 7) is 6.18. The average Bonchev–Trinajstić information content (AvgIpc) is 3.16. The Morgan fingerprint density at radius 3 is 2.77 bits per heavy atom.